The van der Waals surface area contributed by atoms with Crippen molar-refractivity contribution >= 4 is 17.0 Å². The predicted octanol–water partition coefficient (Wildman–Crippen LogP) is -0.227. The molecule has 0 spiro atoms. The zero-order valence-electron chi connectivity index (χ0n) is 16.8. The highest BCUT2D eigenvalue weighted by Crippen LogP contribution is 2.37. The molecule has 1 aliphatic rings. The van der Waals surface area contributed by atoms with Gasteiger partial charge in [-0.15, -0.1) is 0 Å². The Kier molecular flexibility index (Phi) is 5.78. The number of aliphatic hydroxyl groups is 3. The molecule has 12 heteroatoms. The molecule has 0 radical (unpaired) electrons. The van der Waals surface area contributed by atoms with Crippen molar-refractivity contribution in [1.29, 1.82) is 0 Å². The van der Waals surface area contributed by atoms with Crippen LogP contribution in [0.4, 0.5) is 5.82 Å². The van der Waals surface area contributed by atoms with Crippen molar-refractivity contribution in [3.05, 3.63) is 30.4 Å². The molecule has 3 aromatic rings. The molecule has 0 bridgehead atoms. The number of aromatic nitrogens is 4. The quantitative estimate of drug-likeness (QED) is 0.334. The second kappa shape index (κ2) is 8.51. The van der Waals surface area contributed by atoms with Gasteiger partial charge in [0.1, 0.15) is 24.6 Å². The van der Waals surface area contributed by atoms with Gasteiger partial charge in [0.25, 0.3) is 0 Å². The maximum absolute atomic E-state index is 10.3. The number of rotatable bonds is 7. The molecule has 0 amide bonds. The minimum absolute atomic E-state index is 0.0876. The lowest BCUT2D eigenvalue weighted by atomic mass is 10.1. The van der Waals surface area contributed by atoms with Crippen LogP contribution in [0.1, 0.15) is 11.8 Å². The molecule has 2 aromatic heterocycles. The summed E-state index contributed by atoms with van der Waals surface area (Å²) in [5.74, 6) is 0.896. The fourth-order valence-electron chi connectivity index (χ4n) is 3.51. The number of fused-ring (bicyclic) bond motifs is 1. The smallest absolute Gasteiger partial charge is 0.200 e. The van der Waals surface area contributed by atoms with Crippen LogP contribution in [0.3, 0.4) is 0 Å². The molecule has 3 heterocycles. The average molecular weight is 433 g/mol. The third-order valence-corrected chi connectivity index (χ3v) is 5.15. The Morgan fingerprint density at radius 1 is 1.10 bits per heavy atom. The average Bonchev–Trinajstić information content (AvgIpc) is 3.34. The van der Waals surface area contributed by atoms with Crippen molar-refractivity contribution in [3.8, 4) is 17.2 Å². The SMILES string of the molecule is COc1cc(CNc2ncnc3c2ncn3[C@@H]2O[C@H](CO)[C@@H](O)[C@H]2O)cc(OC)c1O. The molecule has 1 aliphatic heterocycles. The normalized spacial score (nSPS) is 23.3. The van der Waals surface area contributed by atoms with E-state index < -0.39 is 31.1 Å². The van der Waals surface area contributed by atoms with E-state index >= 15 is 0 Å². The van der Waals surface area contributed by atoms with Gasteiger partial charge in [0.2, 0.25) is 5.75 Å². The number of hydrogen-bond donors (Lipinski definition) is 5. The van der Waals surface area contributed by atoms with Gasteiger partial charge >= 0.3 is 0 Å². The van der Waals surface area contributed by atoms with Gasteiger partial charge in [-0.3, -0.25) is 4.57 Å². The molecule has 4 atom stereocenters. The van der Waals surface area contributed by atoms with Crippen molar-refractivity contribution in [2.45, 2.75) is 31.1 Å². The van der Waals surface area contributed by atoms with E-state index in [1.807, 2.05) is 0 Å². The van der Waals surface area contributed by atoms with Crippen molar-refractivity contribution in [2.75, 3.05) is 26.1 Å². The Hall–Kier alpha value is -3.19. The first-order valence-electron chi connectivity index (χ1n) is 9.46. The molecule has 0 aliphatic carbocycles. The number of imidazole rings is 1. The van der Waals surface area contributed by atoms with Crippen molar-refractivity contribution in [1.82, 2.24) is 19.5 Å². The topological polar surface area (TPSA) is 164 Å². The lowest BCUT2D eigenvalue weighted by Crippen LogP contribution is -2.33. The number of nitrogens with one attached hydrogen (secondary N) is 1. The standard InChI is InChI=1S/C19H23N5O7/c1-29-10-3-9(4-11(30-2)14(10)26)5-20-17-13-18(22-7-21-17)24(8-23-13)19-16(28)15(27)12(6-25)31-19/h3-4,7-8,12,15-16,19,25-28H,5-6H2,1-2H3,(H,20,21,22)/t12-,15-,16-,19-/m1/s1. The van der Waals surface area contributed by atoms with Crippen LogP contribution >= 0.6 is 0 Å². The van der Waals surface area contributed by atoms with E-state index in [0.717, 1.165) is 5.56 Å². The van der Waals surface area contributed by atoms with Gasteiger partial charge in [-0.2, -0.15) is 0 Å². The zero-order chi connectivity index (χ0) is 22.1. The van der Waals surface area contributed by atoms with Crippen LogP contribution in [-0.4, -0.2) is 79.1 Å². The summed E-state index contributed by atoms with van der Waals surface area (Å²) < 4.78 is 17.4. The number of nitrogens with zero attached hydrogens (tertiary/aromatic N) is 4. The van der Waals surface area contributed by atoms with E-state index in [1.54, 1.807) is 12.1 Å². The van der Waals surface area contributed by atoms with E-state index in [-0.39, 0.29) is 17.2 Å². The van der Waals surface area contributed by atoms with Crippen LogP contribution in [0.15, 0.2) is 24.8 Å². The van der Waals surface area contributed by atoms with Crippen LogP contribution < -0.4 is 14.8 Å². The summed E-state index contributed by atoms with van der Waals surface area (Å²) in [6, 6.07) is 3.34. The summed E-state index contributed by atoms with van der Waals surface area (Å²) in [6.07, 6.45) is -1.58. The third kappa shape index (κ3) is 3.70. The number of phenols is 1. The highest BCUT2D eigenvalue weighted by Gasteiger charge is 2.44. The summed E-state index contributed by atoms with van der Waals surface area (Å²) in [4.78, 5) is 12.8. The van der Waals surface area contributed by atoms with Crippen LogP contribution in [0.25, 0.3) is 11.2 Å². The van der Waals surface area contributed by atoms with E-state index in [2.05, 4.69) is 20.3 Å². The highest BCUT2D eigenvalue weighted by atomic mass is 16.6. The lowest BCUT2D eigenvalue weighted by Gasteiger charge is -2.16. The zero-order valence-corrected chi connectivity index (χ0v) is 16.8. The summed E-state index contributed by atoms with van der Waals surface area (Å²) in [6.45, 7) is -0.109. The molecule has 31 heavy (non-hydrogen) atoms. The van der Waals surface area contributed by atoms with Gasteiger partial charge < -0.3 is 40.0 Å². The molecule has 12 nitrogen and oxygen atoms in total. The Morgan fingerprint density at radius 2 is 1.81 bits per heavy atom. The van der Waals surface area contributed by atoms with Gasteiger partial charge in [0.15, 0.2) is 34.7 Å². The molecule has 4 rings (SSSR count). The summed E-state index contributed by atoms with van der Waals surface area (Å²) in [5, 5.41) is 42.8. The first-order chi connectivity index (χ1) is 15.0. The van der Waals surface area contributed by atoms with Crippen molar-refractivity contribution in [2.24, 2.45) is 0 Å². The van der Waals surface area contributed by atoms with Crippen LogP contribution in [0, 0.1) is 0 Å². The van der Waals surface area contributed by atoms with Crippen LogP contribution in [-0.2, 0) is 11.3 Å². The van der Waals surface area contributed by atoms with Gasteiger partial charge in [0, 0.05) is 6.54 Å². The highest BCUT2D eigenvalue weighted by molar-refractivity contribution is 5.82. The van der Waals surface area contributed by atoms with E-state index in [9.17, 15) is 20.4 Å². The Labute approximate surface area is 176 Å². The number of hydrogen-bond acceptors (Lipinski definition) is 11. The number of phenolic OH excluding ortho intramolecular Hbond substituents is 1. The largest absolute Gasteiger partial charge is 0.502 e. The van der Waals surface area contributed by atoms with Gasteiger partial charge in [0.05, 0.1) is 27.2 Å². The fourth-order valence-corrected chi connectivity index (χ4v) is 3.51. The molecular formula is C19H23N5O7. The molecule has 1 saturated heterocycles. The van der Waals surface area contributed by atoms with E-state index in [1.165, 1.54) is 31.4 Å². The molecule has 0 saturated carbocycles. The molecular weight excluding hydrogens is 410 g/mol. The fraction of sp³-hybridized carbons (Fsp3) is 0.421. The molecule has 5 N–H and O–H groups in total. The van der Waals surface area contributed by atoms with Crippen molar-refractivity contribution in [3.63, 3.8) is 0 Å². The maximum atomic E-state index is 10.3. The molecule has 166 valence electrons. The summed E-state index contributed by atoms with van der Waals surface area (Å²) >= 11 is 0. The minimum atomic E-state index is -1.25. The second-order valence-corrected chi connectivity index (χ2v) is 6.98. The number of benzene rings is 1. The monoisotopic (exact) mass is 433 g/mol. The molecule has 1 fully saturated rings. The number of anilines is 1. The summed E-state index contributed by atoms with van der Waals surface area (Å²) in [5.41, 5.74) is 1.58. The number of ether oxygens (including phenoxy) is 3. The van der Waals surface area contributed by atoms with Gasteiger partial charge in [-0.05, 0) is 17.7 Å². The predicted molar refractivity (Wildman–Crippen MR) is 107 cm³/mol. The summed E-state index contributed by atoms with van der Waals surface area (Å²) in [7, 11) is 2.90. The molecule has 1 aromatic carbocycles. The first kappa shape index (κ1) is 21.1. The Morgan fingerprint density at radius 3 is 2.42 bits per heavy atom. The Bertz CT molecular complexity index is 1050. The maximum Gasteiger partial charge on any atom is 0.200 e. The minimum Gasteiger partial charge on any atom is -0.502 e. The van der Waals surface area contributed by atoms with Gasteiger partial charge in [-0.1, -0.05) is 0 Å². The van der Waals surface area contributed by atoms with Crippen LogP contribution in [0.2, 0.25) is 0 Å². The van der Waals surface area contributed by atoms with Gasteiger partial charge in [-0.25, -0.2) is 15.0 Å². The lowest BCUT2D eigenvalue weighted by molar-refractivity contribution is -0.0511. The number of aromatic hydroxyl groups is 1. The molecule has 0 unspecified atom stereocenters. The number of aliphatic hydroxyl groups excluding tert-OH is 3. The third-order valence-electron chi connectivity index (χ3n) is 5.15. The van der Waals surface area contributed by atoms with E-state index in [0.29, 0.717) is 23.5 Å². The first-order valence-corrected chi connectivity index (χ1v) is 9.46. The number of methoxy groups -OCH3 is 2. The van der Waals surface area contributed by atoms with E-state index in [4.69, 9.17) is 14.2 Å². The Balaban J connectivity index is 1.60. The second-order valence-electron chi connectivity index (χ2n) is 6.98. The van der Waals surface area contributed by atoms with Crippen LogP contribution in [0.5, 0.6) is 17.2 Å². The van der Waals surface area contributed by atoms with Crippen molar-refractivity contribution < 1.29 is 34.6 Å².